The molecule has 0 aliphatic heterocycles. The lowest BCUT2D eigenvalue weighted by atomic mass is 10.1. The molecule has 0 radical (unpaired) electrons. The van der Waals surface area contributed by atoms with Crippen LogP contribution in [0.25, 0.3) is 0 Å². The van der Waals surface area contributed by atoms with Crippen molar-refractivity contribution in [2.75, 3.05) is 25.9 Å². The van der Waals surface area contributed by atoms with Gasteiger partial charge in [-0.3, -0.25) is 4.79 Å². The molecule has 0 spiro atoms. The minimum absolute atomic E-state index is 0.0956. The fraction of sp³-hybridized carbons (Fsp3) is 0.889. The molecule has 0 saturated heterocycles. The zero-order valence-electron chi connectivity index (χ0n) is 9.82. The lowest BCUT2D eigenvalue weighted by molar-refractivity contribution is -0.121. The maximum atomic E-state index is 11.3. The number of hydrogen-bond acceptors (Lipinski definition) is 4. The molecule has 0 fully saturated rings. The summed E-state index contributed by atoms with van der Waals surface area (Å²) >= 11 is 0. The zero-order valence-corrected chi connectivity index (χ0v) is 10.6. The maximum absolute atomic E-state index is 11.3. The molecule has 0 aromatic heterocycles. The van der Waals surface area contributed by atoms with Crippen LogP contribution in [0.2, 0.25) is 0 Å². The molecule has 6 nitrogen and oxygen atoms in total. The fourth-order valence-corrected chi connectivity index (χ4v) is 1.59. The first-order valence-electron chi connectivity index (χ1n) is 5.29. The maximum Gasteiger partial charge on any atom is 0.220 e. The highest BCUT2D eigenvalue weighted by atomic mass is 32.2. The molecule has 7 heteroatoms. The van der Waals surface area contributed by atoms with Crippen LogP contribution in [0.5, 0.6) is 0 Å². The van der Waals surface area contributed by atoms with Gasteiger partial charge in [0.15, 0.2) is 0 Å². The summed E-state index contributed by atoms with van der Waals surface area (Å²) in [6.07, 6.45) is 1.11. The second kappa shape index (κ2) is 7.59. The van der Waals surface area contributed by atoms with E-state index in [4.69, 9.17) is 5.73 Å². The van der Waals surface area contributed by atoms with Gasteiger partial charge in [0.25, 0.3) is 0 Å². The van der Waals surface area contributed by atoms with Crippen molar-refractivity contribution in [3.63, 3.8) is 0 Å². The first-order valence-corrected chi connectivity index (χ1v) is 6.94. The quantitative estimate of drug-likeness (QED) is 0.516. The number of nitrogens with one attached hydrogen (secondary N) is 2. The van der Waals surface area contributed by atoms with E-state index in [2.05, 4.69) is 10.0 Å². The van der Waals surface area contributed by atoms with Crippen molar-refractivity contribution in [3.8, 4) is 0 Å². The van der Waals surface area contributed by atoms with Gasteiger partial charge in [-0.2, -0.15) is 0 Å². The van der Waals surface area contributed by atoms with Crippen LogP contribution < -0.4 is 15.8 Å². The molecule has 0 aliphatic carbocycles. The van der Waals surface area contributed by atoms with Gasteiger partial charge in [-0.05, 0) is 25.9 Å². The van der Waals surface area contributed by atoms with E-state index in [1.807, 2.05) is 6.92 Å². The van der Waals surface area contributed by atoms with Gasteiger partial charge in [-0.1, -0.05) is 6.92 Å². The van der Waals surface area contributed by atoms with E-state index in [1.165, 1.54) is 7.05 Å². The van der Waals surface area contributed by atoms with E-state index in [1.54, 1.807) is 0 Å². The second-order valence-corrected chi connectivity index (χ2v) is 5.80. The van der Waals surface area contributed by atoms with Gasteiger partial charge in [-0.15, -0.1) is 0 Å². The van der Waals surface area contributed by atoms with Crippen LogP contribution in [0, 0.1) is 5.92 Å². The summed E-state index contributed by atoms with van der Waals surface area (Å²) in [4.78, 5) is 11.3. The highest BCUT2D eigenvalue weighted by Crippen LogP contribution is 2.02. The van der Waals surface area contributed by atoms with Crippen LogP contribution in [-0.4, -0.2) is 40.2 Å². The predicted molar refractivity (Wildman–Crippen MR) is 63.3 cm³/mol. The van der Waals surface area contributed by atoms with Crippen molar-refractivity contribution < 1.29 is 13.2 Å². The minimum Gasteiger partial charge on any atom is -0.355 e. The van der Waals surface area contributed by atoms with E-state index in [0.29, 0.717) is 18.9 Å². The molecule has 0 aromatic rings. The summed E-state index contributed by atoms with van der Waals surface area (Å²) in [5, 5.41) is 2.55. The Hall–Kier alpha value is -0.660. The summed E-state index contributed by atoms with van der Waals surface area (Å²) in [5.74, 6) is 0.0835. The third kappa shape index (κ3) is 7.61. The van der Waals surface area contributed by atoms with Gasteiger partial charge in [0.1, 0.15) is 0 Å². The van der Waals surface area contributed by atoms with Crippen LogP contribution in [0.3, 0.4) is 0 Å². The van der Waals surface area contributed by atoms with Gasteiger partial charge in [0.2, 0.25) is 15.9 Å². The summed E-state index contributed by atoms with van der Waals surface area (Å²) in [5.41, 5.74) is 5.41. The zero-order chi connectivity index (χ0) is 12.6. The Labute approximate surface area is 97.0 Å². The van der Waals surface area contributed by atoms with Crippen LogP contribution >= 0.6 is 0 Å². The predicted octanol–water partition coefficient (Wildman–Crippen LogP) is -0.973. The molecule has 16 heavy (non-hydrogen) atoms. The third-order valence-electron chi connectivity index (χ3n) is 2.27. The molecule has 1 atom stereocenters. The van der Waals surface area contributed by atoms with E-state index >= 15 is 0 Å². The Morgan fingerprint density at radius 3 is 2.56 bits per heavy atom. The SMILES string of the molecule is CNS(=O)(=O)CCNC(=O)CCC(C)CN. The lowest BCUT2D eigenvalue weighted by Gasteiger charge is -2.08. The van der Waals surface area contributed by atoms with Gasteiger partial charge in [0, 0.05) is 13.0 Å². The van der Waals surface area contributed by atoms with Gasteiger partial charge >= 0.3 is 0 Å². The highest BCUT2D eigenvalue weighted by Gasteiger charge is 2.08. The molecule has 0 heterocycles. The first-order chi connectivity index (χ1) is 7.41. The monoisotopic (exact) mass is 251 g/mol. The highest BCUT2D eigenvalue weighted by molar-refractivity contribution is 7.89. The Morgan fingerprint density at radius 1 is 1.44 bits per heavy atom. The largest absolute Gasteiger partial charge is 0.355 e. The van der Waals surface area contributed by atoms with E-state index in [9.17, 15) is 13.2 Å². The van der Waals surface area contributed by atoms with Crippen LogP contribution in [0.15, 0.2) is 0 Å². The van der Waals surface area contributed by atoms with Crippen molar-refractivity contribution in [1.29, 1.82) is 0 Å². The molecule has 0 saturated carbocycles. The number of nitrogens with two attached hydrogens (primary N) is 1. The molecule has 1 unspecified atom stereocenters. The van der Waals surface area contributed by atoms with Crippen molar-refractivity contribution >= 4 is 15.9 Å². The molecule has 0 aliphatic rings. The van der Waals surface area contributed by atoms with E-state index < -0.39 is 10.0 Å². The Balaban J connectivity index is 3.67. The fourth-order valence-electron chi connectivity index (χ4n) is 1.01. The smallest absolute Gasteiger partial charge is 0.220 e. The standard InChI is InChI=1S/C9H21N3O3S/c1-8(7-10)3-4-9(13)12-5-6-16(14,15)11-2/h8,11H,3-7,10H2,1-2H3,(H,12,13). The number of carbonyl (C=O) groups is 1. The number of sulfonamides is 1. The van der Waals surface area contributed by atoms with E-state index in [-0.39, 0.29) is 18.2 Å². The van der Waals surface area contributed by atoms with Crippen molar-refractivity contribution in [1.82, 2.24) is 10.0 Å². The normalized spacial score (nSPS) is 13.4. The summed E-state index contributed by atoms with van der Waals surface area (Å²) < 4.78 is 24.2. The Morgan fingerprint density at radius 2 is 2.06 bits per heavy atom. The van der Waals surface area contributed by atoms with Crippen molar-refractivity contribution in [3.05, 3.63) is 0 Å². The molecular formula is C9H21N3O3S. The summed E-state index contributed by atoms with van der Waals surface area (Å²) in [7, 11) is -1.89. The first kappa shape index (κ1) is 15.3. The molecule has 1 amide bonds. The second-order valence-electron chi connectivity index (χ2n) is 3.75. The average molecular weight is 251 g/mol. The molecule has 96 valence electrons. The lowest BCUT2D eigenvalue weighted by Crippen LogP contribution is -2.33. The third-order valence-corrected chi connectivity index (χ3v) is 3.63. The number of amides is 1. The molecule has 0 aromatic carbocycles. The number of rotatable bonds is 8. The molecule has 0 rings (SSSR count). The topological polar surface area (TPSA) is 101 Å². The van der Waals surface area contributed by atoms with Crippen LogP contribution in [0.4, 0.5) is 0 Å². The van der Waals surface area contributed by atoms with Gasteiger partial charge in [-0.25, -0.2) is 13.1 Å². The van der Waals surface area contributed by atoms with Crippen LogP contribution in [-0.2, 0) is 14.8 Å². The number of carbonyl (C=O) groups excluding carboxylic acids is 1. The Bertz CT molecular complexity index is 303. The molecule has 0 bridgehead atoms. The Kier molecular flexibility index (Phi) is 7.27. The molecular weight excluding hydrogens is 230 g/mol. The minimum atomic E-state index is -3.24. The van der Waals surface area contributed by atoms with Gasteiger partial charge in [0.05, 0.1) is 5.75 Å². The van der Waals surface area contributed by atoms with Crippen molar-refractivity contribution in [2.24, 2.45) is 11.7 Å². The van der Waals surface area contributed by atoms with Gasteiger partial charge < -0.3 is 11.1 Å². The molecule has 4 N–H and O–H groups in total. The van der Waals surface area contributed by atoms with Crippen molar-refractivity contribution in [2.45, 2.75) is 19.8 Å². The van der Waals surface area contributed by atoms with E-state index in [0.717, 1.165) is 6.42 Å². The summed E-state index contributed by atoms with van der Waals surface area (Å²) in [6, 6.07) is 0. The number of hydrogen-bond donors (Lipinski definition) is 3. The summed E-state index contributed by atoms with van der Waals surface area (Å²) in [6.45, 7) is 2.67. The average Bonchev–Trinajstić information content (AvgIpc) is 2.25. The van der Waals surface area contributed by atoms with Crippen LogP contribution in [0.1, 0.15) is 19.8 Å².